The van der Waals surface area contributed by atoms with E-state index in [2.05, 4.69) is 4.74 Å². The smallest absolute Gasteiger partial charge is 0.349 e. The lowest BCUT2D eigenvalue weighted by Crippen LogP contribution is -2.05. The molecule has 0 aliphatic heterocycles. The summed E-state index contributed by atoms with van der Waals surface area (Å²) in [6.45, 7) is 1.82. The van der Waals surface area contributed by atoms with Gasteiger partial charge in [-0.15, -0.1) is 0 Å². The van der Waals surface area contributed by atoms with E-state index in [4.69, 9.17) is 0 Å². The van der Waals surface area contributed by atoms with Crippen molar-refractivity contribution >= 4 is 17.5 Å². The molecular formula is C11H10O3. The highest BCUT2D eigenvalue weighted by atomic mass is 16.5. The molecule has 0 fully saturated rings. The van der Waals surface area contributed by atoms with Crippen molar-refractivity contribution in [1.29, 1.82) is 0 Å². The standard InChI is InChI=1S/C11H10O3/c1-8-5-3-4-6-9(8)10(7-12)11(13)14-2/h3-6H,1-2H3. The molecule has 0 unspecified atom stereocenters. The molecule has 1 aromatic carbocycles. The molecule has 0 bridgehead atoms. The van der Waals surface area contributed by atoms with Crippen LogP contribution in [0.4, 0.5) is 0 Å². The maximum atomic E-state index is 11.2. The van der Waals surface area contributed by atoms with Gasteiger partial charge in [0.1, 0.15) is 5.94 Å². The van der Waals surface area contributed by atoms with Crippen LogP contribution in [0.5, 0.6) is 0 Å². The number of benzene rings is 1. The van der Waals surface area contributed by atoms with Crippen molar-refractivity contribution in [3.8, 4) is 0 Å². The number of ether oxygens (including phenoxy) is 1. The Bertz CT molecular complexity index is 401. The minimum Gasteiger partial charge on any atom is -0.465 e. The molecule has 3 heteroatoms. The van der Waals surface area contributed by atoms with Crippen LogP contribution in [0.3, 0.4) is 0 Å². The number of rotatable bonds is 2. The molecule has 0 radical (unpaired) electrons. The Morgan fingerprint density at radius 1 is 1.36 bits per heavy atom. The van der Waals surface area contributed by atoms with E-state index in [1.807, 2.05) is 19.1 Å². The summed E-state index contributed by atoms with van der Waals surface area (Å²) in [5.41, 5.74) is 1.34. The fourth-order valence-corrected chi connectivity index (χ4v) is 1.16. The van der Waals surface area contributed by atoms with Gasteiger partial charge in [0.25, 0.3) is 0 Å². The topological polar surface area (TPSA) is 43.4 Å². The van der Waals surface area contributed by atoms with Gasteiger partial charge in [0, 0.05) is 5.56 Å². The van der Waals surface area contributed by atoms with Crippen LogP contribution in [0.1, 0.15) is 11.1 Å². The summed E-state index contributed by atoms with van der Waals surface area (Å²) in [5.74, 6) is 0.944. The molecule has 0 aliphatic carbocycles. The van der Waals surface area contributed by atoms with Gasteiger partial charge in [-0.1, -0.05) is 24.3 Å². The van der Waals surface area contributed by atoms with Crippen LogP contribution < -0.4 is 0 Å². The first-order valence-corrected chi connectivity index (χ1v) is 4.10. The summed E-state index contributed by atoms with van der Waals surface area (Å²) in [7, 11) is 1.23. The Balaban J connectivity index is 3.22. The van der Waals surface area contributed by atoms with E-state index in [9.17, 15) is 9.59 Å². The van der Waals surface area contributed by atoms with Gasteiger partial charge >= 0.3 is 5.97 Å². The van der Waals surface area contributed by atoms with Crippen LogP contribution in [-0.2, 0) is 14.3 Å². The zero-order valence-corrected chi connectivity index (χ0v) is 8.03. The number of hydrogen-bond donors (Lipinski definition) is 0. The largest absolute Gasteiger partial charge is 0.465 e. The van der Waals surface area contributed by atoms with Gasteiger partial charge in [0.05, 0.1) is 7.11 Å². The average molecular weight is 190 g/mol. The lowest BCUT2D eigenvalue weighted by molar-refractivity contribution is -0.133. The first kappa shape index (κ1) is 10.2. The van der Waals surface area contributed by atoms with Crippen LogP contribution in [0.15, 0.2) is 24.3 Å². The molecule has 0 saturated carbocycles. The van der Waals surface area contributed by atoms with Crippen molar-refractivity contribution in [3.63, 3.8) is 0 Å². The normalized spacial score (nSPS) is 9.00. The highest BCUT2D eigenvalue weighted by Crippen LogP contribution is 2.16. The number of aryl methyl sites for hydroxylation is 1. The van der Waals surface area contributed by atoms with E-state index in [1.165, 1.54) is 7.11 Å². The zero-order valence-electron chi connectivity index (χ0n) is 8.03. The van der Waals surface area contributed by atoms with Gasteiger partial charge in [0.2, 0.25) is 0 Å². The van der Waals surface area contributed by atoms with Gasteiger partial charge in [-0.2, -0.15) is 0 Å². The number of hydrogen-bond acceptors (Lipinski definition) is 3. The number of esters is 1. The van der Waals surface area contributed by atoms with Crippen molar-refractivity contribution in [3.05, 3.63) is 35.4 Å². The second-order valence-electron chi connectivity index (χ2n) is 2.78. The van der Waals surface area contributed by atoms with Crippen molar-refractivity contribution in [2.45, 2.75) is 6.92 Å². The van der Waals surface area contributed by atoms with E-state index < -0.39 is 5.97 Å². The Morgan fingerprint density at radius 3 is 2.50 bits per heavy atom. The molecular weight excluding hydrogens is 180 g/mol. The fraction of sp³-hybridized carbons (Fsp3) is 0.182. The van der Waals surface area contributed by atoms with Gasteiger partial charge in [-0.25, -0.2) is 9.59 Å². The maximum absolute atomic E-state index is 11.2. The molecule has 0 N–H and O–H groups in total. The number of methoxy groups -OCH3 is 1. The third-order valence-corrected chi connectivity index (χ3v) is 1.91. The number of carbonyl (C=O) groups excluding carboxylic acids is 2. The molecule has 72 valence electrons. The van der Waals surface area contributed by atoms with E-state index in [-0.39, 0.29) is 5.57 Å². The maximum Gasteiger partial charge on any atom is 0.349 e. The second kappa shape index (κ2) is 4.40. The summed E-state index contributed by atoms with van der Waals surface area (Å²) < 4.78 is 4.47. The second-order valence-corrected chi connectivity index (χ2v) is 2.78. The van der Waals surface area contributed by atoms with Gasteiger partial charge in [-0.05, 0) is 12.5 Å². The highest BCUT2D eigenvalue weighted by Gasteiger charge is 2.14. The van der Waals surface area contributed by atoms with Crippen molar-refractivity contribution in [2.24, 2.45) is 0 Å². The van der Waals surface area contributed by atoms with Crippen LogP contribution in [0.2, 0.25) is 0 Å². The quantitative estimate of drug-likeness (QED) is 0.402. The van der Waals surface area contributed by atoms with Crippen molar-refractivity contribution in [2.75, 3.05) is 7.11 Å². The molecule has 0 spiro atoms. The zero-order chi connectivity index (χ0) is 10.6. The Morgan fingerprint density at radius 2 is 2.00 bits per heavy atom. The molecule has 0 aromatic heterocycles. The highest BCUT2D eigenvalue weighted by molar-refractivity contribution is 6.25. The van der Waals surface area contributed by atoms with Gasteiger partial charge in [-0.3, -0.25) is 0 Å². The lowest BCUT2D eigenvalue weighted by atomic mass is 10.0. The third-order valence-electron chi connectivity index (χ3n) is 1.91. The van der Waals surface area contributed by atoms with Crippen LogP contribution >= 0.6 is 0 Å². The monoisotopic (exact) mass is 190 g/mol. The summed E-state index contributed by atoms with van der Waals surface area (Å²) >= 11 is 0. The predicted octanol–water partition coefficient (Wildman–Crippen LogP) is 1.38. The van der Waals surface area contributed by atoms with Crippen LogP contribution in [-0.4, -0.2) is 19.0 Å². The molecule has 0 heterocycles. The fourth-order valence-electron chi connectivity index (χ4n) is 1.16. The van der Waals surface area contributed by atoms with Crippen molar-refractivity contribution in [1.82, 2.24) is 0 Å². The Kier molecular flexibility index (Phi) is 3.21. The summed E-state index contributed by atoms with van der Waals surface area (Å²) in [6, 6.07) is 7.09. The number of carbonyl (C=O) groups is 1. The SMILES string of the molecule is COC(=O)C(=C=O)c1ccccc1C. The summed E-state index contributed by atoms with van der Waals surface area (Å²) in [6.07, 6.45) is 0. The molecule has 0 aliphatic rings. The lowest BCUT2D eigenvalue weighted by Gasteiger charge is -2.04. The molecule has 0 saturated heterocycles. The first-order chi connectivity index (χ1) is 6.70. The van der Waals surface area contributed by atoms with Crippen molar-refractivity contribution < 1.29 is 14.3 Å². The average Bonchev–Trinajstić information content (AvgIpc) is 2.21. The van der Waals surface area contributed by atoms with Crippen LogP contribution in [0, 0.1) is 6.92 Å². The van der Waals surface area contributed by atoms with E-state index in [0.29, 0.717) is 5.56 Å². The Labute approximate surface area is 82.0 Å². The summed E-state index contributed by atoms with van der Waals surface area (Å²) in [5, 5.41) is 0. The van der Waals surface area contributed by atoms with Crippen LogP contribution in [0.25, 0.3) is 5.57 Å². The molecule has 14 heavy (non-hydrogen) atoms. The third kappa shape index (κ3) is 1.90. The molecule has 3 nitrogen and oxygen atoms in total. The minimum atomic E-state index is -0.658. The first-order valence-electron chi connectivity index (χ1n) is 4.10. The molecule has 0 atom stereocenters. The van der Waals surface area contributed by atoms with Gasteiger partial charge in [0.15, 0.2) is 5.57 Å². The van der Waals surface area contributed by atoms with Gasteiger partial charge < -0.3 is 4.74 Å². The predicted molar refractivity (Wildman–Crippen MR) is 52.3 cm³/mol. The molecule has 1 rings (SSSR count). The summed E-state index contributed by atoms with van der Waals surface area (Å²) in [4.78, 5) is 21.8. The van der Waals surface area contributed by atoms with E-state index in [1.54, 1.807) is 18.1 Å². The van der Waals surface area contributed by atoms with E-state index >= 15 is 0 Å². The minimum absolute atomic E-state index is 0.0643. The molecule has 0 amide bonds. The van der Waals surface area contributed by atoms with E-state index in [0.717, 1.165) is 5.56 Å². The molecule has 1 aromatic rings. The Hall–Kier alpha value is -1.86.